The normalized spacial score (nSPS) is 30.1. The van der Waals surface area contributed by atoms with E-state index < -0.39 is 37.3 Å². The van der Waals surface area contributed by atoms with Gasteiger partial charge in [-0.25, -0.2) is 0 Å². The van der Waals surface area contributed by atoms with Crippen LogP contribution < -0.4 is 4.74 Å². The zero-order valence-electron chi connectivity index (χ0n) is 15.5. The lowest BCUT2D eigenvalue weighted by molar-refractivity contribution is -0.277. The van der Waals surface area contributed by atoms with Crippen molar-refractivity contribution in [1.29, 1.82) is 0 Å². The van der Waals surface area contributed by atoms with Crippen LogP contribution in [0.5, 0.6) is 5.75 Å². The molecule has 6 nitrogen and oxygen atoms in total. The third kappa shape index (κ3) is 4.15. The first-order chi connectivity index (χ1) is 11.7. The second-order valence-corrected chi connectivity index (χ2v) is 7.35. The summed E-state index contributed by atoms with van der Waals surface area (Å²) in [4.78, 5) is 0. The van der Waals surface area contributed by atoms with Gasteiger partial charge in [-0.05, 0) is 47.6 Å². The summed E-state index contributed by atoms with van der Waals surface area (Å²) in [7, 11) is 0. The Bertz CT molecular complexity index is 554. The van der Waals surface area contributed by atoms with Crippen molar-refractivity contribution in [3.8, 4) is 5.75 Å². The van der Waals surface area contributed by atoms with Crippen molar-refractivity contribution in [1.82, 2.24) is 0 Å². The average Bonchev–Trinajstić information content (AvgIpc) is 2.56. The summed E-state index contributed by atoms with van der Waals surface area (Å²) in [6.07, 6.45) is -6.41. The Morgan fingerprint density at radius 1 is 0.960 bits per heavy atom. The molecule has 0 saturated carbocycles. The van der Waals surface area contributed by atoms with Crippen LogP contribution in [0, 0.1) is 6.92 Å². The van der Waals surface area contributed by atoms with Gasteiger partial charge in [-0.15, -0.1) is 0 Å². The van der Waals surface area contributed by atoms with E-state index in [1.165, 1.54) is 5.56 Å². The predicted molar refractivity (Wildman–Crippen MR) is 93.8 cm³/mol. The summed E-state index contributed by atoms with van der Waals surface area (Å²) >= 11 is 0. The molecule has 5 unspecified atom stereocenters. The Balaban J connectivity index is 2.32. The van der Waals surface area contributed by atoms with Crippen LogP contribution in [0.15, 0.2) is 12.1 Å². The molecule has 0 amide bonds. The number of ether oxygens (including phenoxy) is 2. The van der Waals surface area contributed by atoms with Crippen molar-refractivity contribution < 1.29 is 29.9 Å². The molecule has 4 N–H and O–H groups in total. The van der Waals surface area contributed by atoms with Crippen molar-refractivity contribution in [2.45, 2.75) is 77.2 Å². The van der Waals surface area contributed by atoms with Gasteiger partial charge in [0, 0.05) is 0 Å². The minimum Gasteiger partial charge on any atom is -0.462 e. The summed E-state index contributed by atoms with van der Waals surface area (Å²) in [6.45, 7) is 10.0. The highest BCUT2D eigenvalue weighted by molar-refractivity contribution is 5.44. The fourth-order valence-electron chi connectivity index (χ4n) is 3.30. The highest BCUT2D eigenvalue weighted by Gasteiger charge is 2.44. The van der Waals surface area contributed by atoms with Crippen LogP contribution in [0.2, 0.25) is 0 Å². The van der Waals surface area contributed by atoms with Crippen LogP contribution in [0.3, 0.4) is 0 Å². The van der Waals surface area contributed by atoms with Crippen LogP contribution in [0.1, 0.15) is 56.2 Å². The molecule has 1 heterocycles. The second-order valence-electron chi connectivity index (χ2n) is 7.35. The molecular weight excluding hydrogens is 324 g/mol. The smallest absolute Gasteiger partial charge is 0.229 e. The van der Waals surface area contributed by atoms with E-state index in [0.717, 1.165) is 11.1 Å². The maximum Gasteiger partial charge on any atom is 0.229 e. The van der Waals surface area contributed by atoms with Crippen molar-refractivity contribution in [2.24, 2.45) is 0 Å². The fraction of sp³-hybridized carbons (Fsp3) is 0.684. The highest BCUT2D eigenvalue weighted by Crippen LogP contribution is 2.33. The van der Waals surface area contributed by atoms with Crippen molar-refractivity contribution in [3.63, 3.8) is 0 Å². The molecule has 0 aromatic heterocycles. The number of rotatable bonds is 5. The molecule has 142 valence electrons. The third-order valence-corrected chi connectivity index (χ3v) is 4.81. The molecule has 2 rings (SSSR count). The standard InChI is InChI=1S/C19H30O6/c1-9(2)13-6-12(7-14(10(3)4)11(13)5)24-19-18(23)17(22)16(21)15(8-20)25-19/h6-7,9-10,15-23H,8H2,1-5H3. The maximum atomic E-state index is 10.2. The van der Waals surface area contributed by atoms with E-state index in [-0.39, 0.29) is 0 Å². The SMILES string of the molecule is Cc1c(C(C)C)cc(OC2OC(CO)C(O)C(O)C2O)cc1C(C)C. The average molecular weight is 354 g/mol. The van der Waals surface area contributed by atoms with E-state index in [9.17, 15) is 20.4 Å². The number of benzene rings is 1. The van der Waals surface area contributed by atoms with Gasteiger partial charge in [-0.2, -0.15) is 0 Å². The summed E-state index contributed by atoms with van der Waals surface area (Å²) in [5.74, 6) is 1.13. The van der Waals surface area contributed by atoms with Crippen LogP contribution >= 0.6 is 0 Å². The van der Waals surface area contributed by atoms with Crippen molar-refractivity contribution >= 4 is 0 Å². The molecule has 1 aromatic rings. The van der Waals surface area contributed by atoms with Gasteiger partial charge >= 0.3 is 0 Å². The number of aliphatic hydroxyl groups is 4. The molecular formula is C19H30O6. The van der Waals surface area contributed by atoms with Crippen molar-refractivity contribution in [2.75, 3.05) is 6.61 Å². The van der Waals surface area contributed by atoms with Crippen LogP contribution in [-0.4, -0.2) is 57.7 Å². The van der Waals surface area contributed by atoms with Gasteiger partial charge in [-0.1, -0.05) is 27.7 Å². The topological polar surface area (TPSA) is 99.4 Å². The number of aliphatic hydroxyl groups excluding tert-OH is 4. The zero-order chi connectivity index (χ0) is 18.9. The first-order valence-corrected chi connectivity index (χ1v) is 8.79. The van der Waals surface area contributed by atoms with E-state index >= 15 is 0 Å². The van der Waals surface area contributed by atoms with Crippen molar-refractivity contribution in [3.05, 3.63) is 28.8 Å². The number of hydrogen-bond acceptors (Lipinski definition) is 6. The fourth-order valence-corrected chi connectivity index (χ4v) is 3.30. The lowest BCUT2D eigenvalue weighted by Gasteiger charge is -2.39. The van der Waals surface area contributed by atoms with Gasteiger partial charge in [0.2, 0.25) is 6.29 Å². The summed E-state index contributed by atoms with van der Waals surface area (Å²) < 4.78 is 11.2. The Morgan fingerprint density at radius 3 is 1.92 bits per heavy atom. The van der Waals surface area contributed by atoms with Gasteiger partial charge < -0.3 is 29.9 Å². The maximum absolute atomic E-state index is 10.2. The van der Waals surface area contributed by atoms with E-state index in [0.29, 0.717) is 17.6 Å². The van der Waals surface area contributed by atoms with Gasteiger partial charge in [0.15, 0.2) is 0 Å². The minimum absolute atomic E-state index is 0.302. The Morgan fingerprint density at radius 2 is 1.48 bits per heavy atom. The van der Waals surface area contributed by atoms with Gasteiger partial charge in [0.05, 0.1) is 6.61 Å². The molecule has 0 spiro atoms. The summed E-state index contributed by atoms with van der Waals surface area (Å²) in [6, 6.07) is 3.82. The van der Waals surface area contributed by atoms with E-state index in [1.807, 2.05) is 12.1 Å². The molecule has 5 atom stereocenters. The largest absolute Gasteiger partial charge is 0.462 e. The van der Waals surface area contributed by atoms with Gasteiger partial charge in [-0.3, -0.25) is 0 Å². The van der Waals surface area contributed by atoms with E-state index in [2.05, 4.69) is 34.6 Å². The van der Waals surface area contributed by atoms with E-state index in [4.69, 9.17) is 9.47 Å². The molecule has 0 radical (unpaired) electrons. The predicted octanol–water partition coefficient (Wildman–Crippen LogP) is 1.42. The monoisotopic (exact) mass is 354 g/mol. The zero-order valence-corrected chi connectivity index (χ0v) is 15.5. The van der Waals surface area contributed by atoms with Crippen LogP contribution in [0.4, 0.5) is 0 Å². The minimum atomic E-state index is -1.45. The summed E-state index contributed by atoms with van der Waals surface area (Å²) in [5.41, 5.74) is 3.50. The molecule has 1 saturated heterocycles. The lowest BCUT2D eigenvalue weighted by atomic mass is 9.89. The molecule has 1 aromatic carbocycles. The van der Waals surface area contributed by atoms with Crippen LogP contribution in [0.25, 0.3) is 0 Å². The molecule has 1 aliphatic heterocycles. The lowest BCUT2D eigenvalue weighted by Crippen LogP contribution is -2.60. The van der Waals surface area contributed by atoms with Crippen LogP contribution in [-0.2, 0) is 4.74 Å². The van der Waals surface area contributed by atoms with Gasteiger partial charge in [0.25, 0.3) is 0 Å². The second kappa shape index (κ2) is 8.01. The molecule has 6 heteroatoms. The Labute approximate surface area is 149 Å². The highest BCUT2D eigenvalue weighted by atomic mass is 16.7. The third-order valence-electron chi connectivity index (χ3n) is 4.81. The quantitative estimate of drug-likeness (QED) is 0.638. The molecule has 0 bridgehead atoms. The first kappa shape index (κ1) is 20.1. The first-order valence-electron chi connectivity index (χ1n) is 8.79. The number of hydrogen-bond donors (Lipinski definition) is 4. The summed E-state index contributed by atoms with van der Waals surface area (Å²) in [5, 5.41) is 39.2. The molecule has 1 fully saturated rings. The van der Waals surface area contributed by atoms with Gasteiger partial charge in [0.1, 0.15) is 30.2 Å². The Kier molecular flexibility index (Phi) is 6.45. The Hall–Kier alpha value is -1.18. The molecule has 0 aliphatic carbocycles. The van der Waals surface area contributed by atoms with E-state index in [1.54, 1.807) is 0 Å². The molecule has 1 aliphatic rings. The molecule has 25 heavy (non-hydrogen) atoms.